The average molecular weight is 423 g/mol. The smallest absolute Gasteiger partial charge is 0.226 e. The van der Waals surface area contributed by atoms with Crippen molar-refractivity contribution in [1.29, 1.82) is 0 Å². The van der Waals surface area contributed by atoms with E-state index in [-0.39, 0.29) is 11.9 Å². The molecule has 1 N–H and O–H groups in total. The van der Waals surface area contributed by atoms with E-state index in [1.54, 1.807) is 11.3 Å². The van der Waals surface area contributed by atoms with E-state index < -0.39 is 0 Å². The fraction of sp³-hybridized carbons (Fsp3) is 0.273. The summed E-state index contributed by atoms with van der Waals surface area (Å²) in [5, 5.41) is 7.34. The highest BCUT2D eigenvalue weighted by Gasteiger charge is 2.26. The van der Waals surface area contributed by atoms with Gasteiger partial charge in [0.1, 0.15) is 0 Å². The van der Waals surface area contributed by atoms with E-state index >= 15 is 0 Å². The summed E-state index contributed by atoms with van der Waals surface area (Å²) in [4.78, 5) is 22.0. The molecule has 4 heterocycles. The monoisotopic (exact) mass is 422 g/mol. The number of rotatable bonds is 6. The highest BCUT2D eigenvalue weighted by Crippen LogP contribution is 2.30. The molecule has 4 aromatic rings. The lowest BCUT2D eigenvalue weighted by atomic mass is 10.0. The maximum Gasteiger partial charge on any atom is 0.226 e. The van der Waals surface area contributed by atoms with Crippen molar-refractivity contribution in [3.05, 3.63) is 81.2 Å². The van der Waals surface area contributed by atoms with E-state index in [9.17, 15) is 4.79 Å². The number of imidazole rings is 1. The second-order valence-electron chi connectivity index (χ2n) is 7.32. The number of carbonyl (C=O) groups is 1. The van der Waals surface area contributed by atoms with Crippen LogP contribution in [0.5, 0.6) is 0 Å². The number of amides is 1. The maximum atomic E-state index is 12.6. The number of hydrogen-bond donors (Lipinski definition) is 1. The van der Waals surface area contributed by atoms with Crippen LogP contribution in [0.2, 0.25) is 0 Å². The van der Waals surface area contributed by atoms with E-state index in [4.69, 9.17) is 0 Å². The van der Waals surface area contributed by atoms with Crippen molar-refractivity contribution in [2.24, 2.45) is 0 Å². The van der Waals surface area contributed by atoms with Crippen molar-refractivity contribution in [1.82, 2.24) is 19.6 Å². The van der Waals surface area contributed by atoms with Crippen molar-refractivity contribution in [2.75, 3.05) is 13.1 Å². The second-order valence-corrected chi connectivity index (χ2v) is 9.20. The van der Waals surface area contributed by atoms with Crippen LogP contribution in [-0.2, 0) is 24.2 Å². The third-order valence-corrected chi connectivity index (χ3v) is 7.23. The Morgan fingerprint density at radius 3 is 2.93 bits per heavy atom. The minimum Gasteiger partial charge on any atom is -0.354 e. The van der Waals surface area contributed by atoms with Gasteiger partial charge in [0.25, 0.3) is 0 Å². The summed E-state index contributed by atoms with van der Waals surface area (Å²) in [5.74, 6) is 0.0184. The van der Waals surface area contributed by atoms with E-state index in [0.29, 0.717) is 13.0 Å². The number of hydrogen-bond acceptors (Lipinski definition) is 5. The van der Waals surface area contributed by atoms with E-state index in [1.807, 2.05) is 39.6 Å². The summed E-state index contributed by atoms with van der Waals surface area (Å²) in [6, 6.07) is 12.9. The molecule has 1 amide bonds. The molecule has 29 heavy (non-hydrogen) atoms. The van der Waals surface area contributed by atoms with Gasteiger partial charge in [-0.3, -0.25) is 14.1 Å². The molecule has 3 aromatic heterocycles. The SMILES string of the molecule is O=C(Cc1cn2ccsc2n1)NCC(c1ccccc1)N1CCc2sccc2C1. The van der Waals surface area contributed by atoms with Gasteiger partial charge in [0.15, 0.2) is 4.96 Å². The third kappa shape index (κ3) is 3.99. The molecule has 1 atom stereocenters. The first-order chi connectivity index (χ1) is 14.3. The van der Waals surface area contributed by atoms with Gasteiger partial charge in [0.05, 0.1) is 18.2 Å². The van der Waals surface area contributed by atoms with Gasteiger partial charge in [-0.15, -0.1) is 22.7 Å². The highest BCUT2D eigenvalue weighted by molar-refractivity contribution is 7.15. The normalized spacial score (nSPS) is 15.3. The lowest BCUT2D eigenvalue weighted by Crippen LogP contribution is -2.40. The Bertz CT molecular complexity index is 1090. The molecule has 0 bridgehead atoms. The average Bonchev–Trinajstić information content (AvgIpc) is 3.44. The molecule has 1 unspecified atom stereocenters. The Kier molecular flexibility index (Phi) is 5.18. The van der Waals surface area contributed by atoms with Gasteiger partial charge < -0.3 is 5.32 Å². The first-order valence-electron chi connectivity index (χ1n) is 9.78. The van der Waals surface area contributed by atoms with Crippen molar-refractivity contribution >= 4 is 33.5 Å². The molecule has 7 heteroatoms. The highest BCUT2D eigenvalue weighted by atomic mass is 32.1. The van der Waals surface area contributed by atoms with Crippen LogP contribution in [0.15, 0.2) is 59.6 Å². The fourth-order valence-electron chi connectivity index (χ4n) is 3.97. The van der Waals surface area contributed by atoms with Crippen LogP contribution >= 0.6 is 22.7 Å². The Balaban J connectivity index is 1.28. The Hall–Kier alpha value is -2.48. The lowest BCUT2D eigenvalue weighted by molar-refractivity contribution is -0.120. The summed E-state index contributed by atoms with van der Waals surface area (Å²) in [6.07, 6.45) is 5.29. The molecule has 1 aliphatic heterocycles. The van der Waals surface area contributed by atoms with Crippen LogP contribution < -0.4 is 5.32 Å². The Labute approximate surface area is 177 Å². The number of thiophene rings is 1. The van der Waals surface area contributed by atoms with Gasteiger partial charge in [-0.1, -0.05) is 30.3 Å². The molecule has 0 radical (unpaired) electrons. The summed E-state index contributed by atoms with van der Waals surface area (Å²) >= 11 is 3.43. The topological polar surface area (TPSA) is 49.6 Å². The predicted molar refractivity (Wildman–Crippen MR) is 117 cm³/mol. The lowest BCUT2D eigenvalue weighted by Gasteiger charge is -2.35. The molecule has 1 aliphatic rings. The standard InChI is InChI=1S/C22H22N4OS2/c27-21(12-18-15-26-9-11-29-22(26)24-18)23-13-19(16-4-2-1-3-5-16)25-8-6-20-17(14-25)7-10-28-20/h1-5,7,9-11,15,19H,6,8,12-14H2,(H,23,27). The van der Waals surface area contributed by atoms with Gasteiger partial charge in [0.2, 0.25) is 5.91 Å². The third-order valence-electron chi connectivity index (χ3n) is 5.44. The molecular formula is C22H22N4OS2. The van der Waals surface area contributed by atoms with Crippen molar-refractivity contribution < 1.29 is 4.79 Å². The van der Waals surface area contributed by atoms with E-state index in [1.165, 1.54) is 16.0 Å². The molecule has 0 fully saturated rings. The first kappa shape index (κ1) is 18.5. The van der Waals surface area contributed by atoms with Crippen LogP contribution in [0.25, 0.3) is 4.96 Å². The maximum absolute atomic E-state index is 12.6. The molecule has 5 nitrogen and oxygen atoms in total. The number of aromatic nitrogens is 2. The number of benzene rings is 1. The van der Waals surface area contributed by atoms with Crippen LogP contribution in [0.3, 0.4) is 0 Å². The Morgan fingerprint density at radius 2 is 2.07 bits per heavy atom. The number of fused-ring (bicyclic) bond motifs is 2. The zero-order valence-corrected chi connectivity index (χ0v) is 17.6. The zero-order valence-electron chi connectivity index (χ0n) is 16.0. The van der Waals surface area contributed by atoms with Crippen LogP contribution in [-0.4, -0.2) is 33.3 Å². The Morgan fingerprint density at radius 1 is 1.17 bits per heavy atom. The van der Waals surface area contributed by atoms with Gasteiger partial charge >= 0.3 is 0 Å². The van der Waals surface area contributed by atoms with Crippen LogP contribution in [0, 0.1) is 0 Å². The number of nitrogens with zero attached hydrogens (tertiary/aromatic N) is 3. The predicted octanol–water partition coefficient (Wildman–Crippen LogP) is 3.92. The largest absolute Gasteiger partial charge is 0.354 e. The zero-order chi connectivity index (χ0) is 19.6. The fourth-order valence-corrected chi connectivity index (χ4v) is 5.58. The van der Waals surface area contributed by atoms with Gasteiger partial charge in [-0.25, -0.2) is 4.98 Å². The summed E-state index contributed by atoms with van der Waals surface area (Å²) in [5.41, 5.74) is 3.48. The molecular weight excluding hydrogens is 400 g/mol. The van der Waals surface area contributed by atoms with Crippen LogP contribution in [0.4, 0.5) is 0 Å². The molecule has 0 spiro atoms. The molecule has 0 aliphatic carbocycles. The summed E-state index contributed by atoms with van der Waals surface area (Å²) in [6.45, 7) is 2.55. The van der Waals surface area contributed by atoms with Gasteiger partial charge in [-0.05, 0) is 29.0 Å². The molecule has 1 aromatic carbocycles. The minimum absolute atomic E-state index is 0.0184. The van der Waals surface area contributed by atoms with E-state index in [2.05, 4.69) is 50.9 Å². The number of carbonyl (C=O) groups excluding carboxylic acids is 1. The summed E-state index contributed by atoms with van der Waals surface area (Å²) < 4.78 is 1.96. The first-order valence-corrected chi connectivity index (χ1v) is 11.5. The molecule has 0 saturated carbocycles. The minimum atomic E-state index is 0.0184. The van der Waals surface area contributed by atoms with Gasteiger partial charge in [-0.2, -0.15) is 0 Å². The second kappa shape index (κ2) is 8.10. The van der Waals surface area contributed by atoms with E-state index in [0.717, 1.165) is 30.2 Å². The molecule has 5 rings (SSSR count). The summed E-state index contributed by atoms with van der Waals surface area (Å²) in [7, 11) is 0. The van der Waals surface area contributed by atoms with Crippen molar-refractivity contribution in [2.45, 2.75) is 25.4 Å². The quantitative estimate of drug-likeness (QED) is 0.512. The number of nitrogens with one attached hydrogen (secondary N) is 1. The number of thiazole rings is 1. The molecule has 0 saturated heterocycles. The van der Waals surface area contributed by atoms with Gasteiger partial charge in [0, 0.05) is 42.3 Å². The van der Waals surface area contributed by atoms with Crippen LogP contribution in [0.1, 0.15) is 27.7 Å². The molecule has 148 valence electrons. The van der Waals surface area contributed by atoms with Crippen molar-refractivity contribution in [3.8, 4) is 0 Å². The van der Waals surface area contributed by atoms with Crippen molar-refractivity contribution in [3.63, 3.8) is 0 Å².